The molecule has 0 spiro atoms. The number of aliphatic hydroxyl groups is 5. The molecule has 13 heteroatoms. The molecule has 7 N–H and O–H groups in total. The molecule has 0 bridgehead atoms. The highest BCUT2D eigenvalue weighted by Gasteiger charge is 2.39. The van der Waals surface area contributed by atoms with Crippen molar-refractivity contribution >= 4 is 0 Å². The zero-order valence-electron chi connectivity index (χ0n) is 90.2. The SMILES string of the molecule is C.C.CC(C)C1CC(O)C1.CC(C)C1CCC1.CC(C)C1CNC1.CC(C)CC1(CO)CCC1.CC(C)CC1(O)CCC1.CC(C)CC1(O)CCCC1.CC(C)CC1(O)COC1.CC(C)CC1CCCO1.CC(C)CC1COCCN1.CC1CC(OC(C)C)C1.CCC(C#N)C(C)C.CCC1CCC(C(C)C)CC1.CCCCC(C)C.CCN1CCCC1CC(C)C. The molecule has 7 aliphatic carbocycles. The smallest absolute Gasteiger partial charge is 0.111 e. The molecule has 0 amide bonds. The Morgan fingerprint density at radius 2 is 0.969 bits per heavy atom. The third-order valence-corrected chi connectivity index (χ3v) is 28.4. The molecular weight excluding hydrogens is 1570 g/mol. The second-order valence-electron chi connectivity index (χ2n) is 47.3. The van der Waals surface area contributed by atoms with Crippen LogP contribution in [0.3, 0.4) is 0 Å². The number of unbranched alkanes of at least 4 members (excludes halogenated alkanes) is 1. The Hall–Kier alpha value is -0.990. The maximum atomic E-state index is 9.86. The minimum Gasteiger partial charge on any atom is -0.396 e. The maximum Gasteiger partial charge on any atom is 0.111 e. The van der Waals surface area contributed by atoms with E-state index in [4.69, 9.17) is 34.4 Å². The summed E-state index contributed by atoms with van der Waals surface area (Å²) >= 11 is 0. The van der Waals surface area contributed by atoms with Gasteiger partial charge in [-0.1, -0.05) is 307 Å². The van der Waals surface area contributed by atoms with Crippen molar-refractivity contribution < 1.29 is 44.5 Å². The predicted octanol–water partition coefficient (Wildman–Crippen LogP) is 30.1. The van der Waals surface area contributed by atoms with E-state index in [1.54, 1.807) is 0 Å². The summed E-state index contributed by atoms with van der Waals surface area (Å²) in [6.45, 7) is 83.8. The van der Waals surface area contributed by atoms with Gasteiger partial charge in [-0.25, -0.2) is 0 Å². The van der Waals surface area contributed by atoms with Gasteiger partial charge in [0, 0.05) is 37.8 Å². The first-order valence-electron chi connectivity index (χ1n) is 54.0. The number of rotatable bonds is 28. The highest BCUT2D eigenvalue weighted by Crippen LogP contribution is 2.46. The number of ether oxygens (including phenoxy) is 4. The van der Waals surface area contributed by atoms with Crippen molar-refractivity contribution in [3.05, 3.63) is 0 Å². The Balaban J connectivity index is -0.000000642. The Morgan fingerprint density at radius 3 is 1.20 bits per heavy atom. The van der Waals surface area contributed by atoms with Crippen LogP contribution in [0.4, 0.5) is 0 Å². The lowest BCUT2D eigenvalue weighted by molar-refractivity contribution is -0.185. The summed E-state index contributed by atoms with van der Waals surface area (Å²) < 4.78 is 21.2. The predicted molar refractivity (Wildman–Crippen MR) is 557 cm³/mol. The lowest BCUT2D eigenvalue weighted by Gasteiger charge is -2.41. The number of nitriles is 1. The molecule has 4 unspecified atom stereocenters. The number of hydrogen-bond acceptors (Lipinski definition) is 13. The standard InChI is InChI=1S/C11H22.C10H21N.2C9H18O.C8H17NO.3C8H16O.C7H13N.C7H14O2.C7H14O.C7H14.C7H16.C6H13N.2CH4/c1-4-10-5-7-11(8-6-10)9(2)3;1-4-11-7-5-6-10(11)8-9(2)3;1-8(2)6-9(7-10)4-3-5-9;1-8(2)7-9(10)5-3-4-6-9;1-7(2)5-8-6-10-4-3-9-8;1-6(2)9-8-4-7(3)5-8;1-7(2)6-8-4-3-5-9-8;1-7(2)6-8(9)4-3-5-8;1-4-7(5-8)6(2)3;1-6(2)3-7(8)4-9-5-7;1-5(2)6-3-7(8)4-6;1-6(2)7-4-3-5-7;1-4-5-6-7(2)3;1-5(2)6-3-7-4-6;;/h9-11H,4-8H2,1-3H3;9-10H,4-8H2,1-3H3;2*8,10H,3-7H2,1-2H3;7-9H,3-6H2,1-2H3;6-8H,4-5H2,1-3H3;7-8H,3-6H2,1-2H3;7,9H,3-6H2,1-2H3;6-7H,4H2,1-3H3;6,8H,3-5H2,1-2H3;5-8H,3-4H2,1-2H3;6-7H,3-5H2,1-2H3;7H,4-6H2,1-3H3;5-7H,3-4H2,1-2H3;2*1H4. The zero-order valence-corrected chi connectivity index (χ0v) is 90.2. The van der Waals surface area contributed by atoms with E-state index in [0.717, 1.165) is 185 Å². The molecule has 12 rings (SSSR count). The topological polar surface area (TPSA) is 189 Å². The van der Waals surface area contributed by atoms with Crippen LogP contribution in [0.2, 0.25) is 0 Å². The molecule has 0 aromatic carbocycles. The first kappa shape index (κ1) is 132. The summed E-state index contributed by atoms with van der Waals surface area (Å²) in [6.07, 6.45) is 48.3. The summed E-state index contributed by atoms with van der Waals surface area (Å²) in [6, 6.07) is 3.76. The molecule has 12 aliphatic rings. The van der Waals surface area contributed by atoms with Crippen LogP contribution in [0.5, 0.6) is 0 Å². The molecule has 5 aliphatic heterocycles. The molecule has 4 atom stereocenters. The average molecular weight is 1810 g/mol. The second-order valence-corrected chi connectivity index (χ2v) is 47.3. The third kappa shape index (κ3) is 68.6. The van der Waals surface area contributed by atoms with Crippen molar-refractivity contribution in [1.82, 2.24) is 15.5 Å². The van der Waals surface area contributed by atoms with Crippen LogP contribution >= 0.6 is 0 Å². The Kier molecular flexibility index (Phi) is 79.2. The van der Waals surface area contributed by atoms with E-state index in [1.807, 2.05) is 6.92 Å². The number of nitrogens with zero attached hydrogens (tertiary/aromatic N) is 2. The molecule has 0 aromatic heterocycles. The summed E-state index contributed by atoms with van der Waals surface area (Å²) in [5.41, 5.74) is -0.676. The van der Waals surface area contributed by atoms with Gasteiger partial charge in [-0.05, 0) is 318 Å². The van der Waals surface area contributed by atoms with Crippen molar-refractivity contribution in [2.24, 2.45) is 124 Å². The van der Waals surface area contributed by atoms with Crippen LogP contribution in [0.1, 0.15) is 481 Å². The highest BCUT2D eigenvalue weighted by atomic mass is 16.5. The molecular formula is C114H236N4O9. The van der Waals surface area contributed by atoms with Crippen molar-refractivity contribution in [2.75, 3.05) is 72.4 Å². The van der Waals surface area contributed by atoms with E-state index in [9.17, 15) is 15.3 Å². The van der Waals surface area contributed by atoms with Crippen LogP contribution in [0.15, 0.2) is 0 Å². The largest absolute Gasteiger partial charge is 0.396 e. The lowest BCUT2D eigenvalue weighted by atomic mass is 9.65. The van der Waals surface area contributed by atoms with Crippen molar-refractivity contribution in [3.63, 3.8) is 0 Å². The summed E-state index contributed by atoms with van der Waals surface area (Å²) in [7, 11) is 0. The van der Waals surface area contributed by atoms with Crippen LogP contribution in [-0.2, 0) is 18.9 Å². The van der Waals surface area contributed by atoms with Gasteiger partial charge < -0.3 is 60.0 Å². The Labute approximate surface area is 797 Å². The number of morpholine rings is 1. The molecule has 0 aromatic rings. The quantitative estimate of drug-likeness (QED) is 0.0392. The minimum atomic E-state index is -0.478. The van der Waals surface area contributed by atoms with E-state index in [-0.39, 0.29) is 38.1 Å². The Bertz CT molecular complexity index is 2340. The fraction of sp³-hybridized carbons (Fsp3) is 0.991. The van der Waals surface area contributed by atoms with Crippen molar-refractivity contribution in [2.45, 2.75) is 534 Å². The molecule has 13 nitrogen and oxygen atoms in total. The van der Waals surface area contributed by atoms with Gasteiger partial charge in [-0.15, -0.1) is 0 Å². The average Bonchev–Trinajstić information content (AvgIpc) is 1.54. The van der Waals surface area contributed by atoms with E-state index in [0.29, 0.717) is 73.3 Å². The van der Waals surface area contributed by atoms with Crippen LogP contribution in [0.25, 0.3) is 0 Å². The normalized spacial score (nSPS) is 25.1. The summed E-state index contributed by atoms with van der Waals surface area (Å²) in [5, 5.41) is 62.0. The molecule has 12 fully saturated rings. The van der Waals surface area contributed by atoms with Gasteiger partial charge in [0.1, 0.15) is 5.60 Å². The second kappa shape index (κ2) is 76.0. The first-order valence-corrected chi connectivity index (χ1v) is 54.0. The molecule has 7 saturated carbocycles. The molecule has 5 heterocycles. The molecule has 5 saturated heterocycles. The van der Waals surface area contributed by atoms with E-state index >= 15 is 0 Å². The summed E-state index contributed by atoms with van der Waals surface area (Å²) in [5.74, 6) is 16.1. The lowest BCUT2D eigenvalue weighted by Crippen LogP contribution is -2.50. The monoisotopic (exact) mass is 1810 g/mol. The molecule has 0 radical (unpaired) electrons. The molecule has 127 heavy (non-hydrogen) atoms. The number of likely N-dealkylation sites (tertiary alicyclic amines) is 1. The molecule has 766 valence electrons. The van der Waals surface area contributed by atoms with Gasteiger partial charge in [0.05, 0.1) is 68.1 Å². The van der Waals surface area contributed by atoms with E-state index < -0.39 is 5.60 Å². The van der Waals surface area contributed by atoms with E-state index in [2.05, 4.69) is 243 Å². The highest BCUT2D eigenvalue weighted by molar-refractivity contribution is 4.91. The zero-order chi connectivity index (χ0) is 95.5. The van der Waals surface area contributed by atoms with Gasteiger partial charge in [0.2, 0.25) is 0 Å². The fourth-order valence-electron chi connectivity index (χ4n) is 19.5. The fourth-order valence-corrected chi connectivity index (χ4v) is 19.5. The van der Waals surface area contributed by atoms with Crippen molar-refractivity contribution in [1.29, 1.82) is 5.26 Å². The minimum absolute atomic E-state index is 0. The first-order chi connectivity index (χ1) is 58.6. The van der Waals surface area contributed by atoms with Gasteiger partial charge >= 0.3 is 0 Å². The van der Waals surface area contributed by atoms with Gasteiger partial charge in [0.15, 0.2) is 0 Å². The summed E-state index contributed by atoms with van der Waals surface area (Å²) in [4.78, 5) is 2.62. The van der Waals surface area contributed by atoms with Crippen LogP contribution < -0.4 is 10.6 Å². The van der Waals surface area contributed by atoms with E-state index in [1.165, 1.54) is 200 Å². The van der Waals surface area contributed by atoms with Crippen LogP contribution in [0, 0.1) is 135 Å². The number of hydrogen-bond donors (Lipinski definition) is 7. The Morgan fingerprint density at radius 1 is 0.488 bits per heavy atom. The van der Waals surface area contributed by atoms with Crippen LogP contribution in [-0.4, -0.2) is 156 Å². The van der Waals surface area contributed by atoms with Crippen molar-refractivity contribution in [3.8, 4) is 6.07 Å². The van der Waals surface area contributed by atoms with Gasteiger partial charge in [0.25, 0.3) is 0 Å². The van der Waals surface area contributed by atoms with Gasteiger partial charge in [-0.3, -0.25) is 0 Å². The third-order valence-electron chi connectivity index (χ3n) is 28.4. The maximum absolute atomic E-state index is 9.86. The number of aliphatic hydroxyl groups excluding tert-OH is 2. The van der Waals surface area contributed by atoms with Gasteiger partial charge in [-0.2, -0.15) is 5.26 Å². The number of nitrogens with one attached hydrogen (secondary N) is 2.